The van der Waals surface area contributed by atoms with Crippen LogP contribution in [0.5, 0.6) is 5.75 Å². The SMILES string of the molecule is CN1C(=O)CCOc2ccc(C#CC3(O)CCC3)cc21.NC(=O)n1cc(Cc2cccnc2F)cn1. The number of rotatable bonds is 2. The molecule has 5 rings (SSSR count). The predicted molar refractivity (Wildman–Crippen MR) is 130 cm³/mol. The average Bonchev–Trinajstić information content (AvgIpc) is 3.27. The third-order valence-corrected chi connectivity index (χ3v) is 5.98. The molecule has 0 bridgehead atoms. The third-order valence-electron chi connectivity index (χ3n) is 5.98. The lowest BCUT2D eigenvalue weighted by molar-refractivity contribution is -0.118. The molecule has 10 heteroatoms. The van der Waals surface area contributed by atoms with Gasteiger partial charge in [0, 0.05) is 37.0 Å². The highest BCUT2D eigenvalue weighted by Crippen LogP contribution is 2.33. The number of aromatic nitrogens is 3. The van der Waals surface area contributed by atoms with Gasteiger partial charge in [-0.25, -0.2) is 9.78 Å². The zero-order valence-electron chi connectivity index (χ0n) is 19.8. The molecule has 2 amide bonds. The Hall–Kier alpha value is -4.23. The van der Waals surface area contributed by atoms with Crippen molar-refractivity contribution in [1.29, 1.82) is 0 Å². The van der Waals surface area contributed by atoms with Crippen LogP contribution in [0.3, 0.4) is 0 Å². The minimum Gasteiger partial charge on any atom is -0.491 e. The molecule has 0 radical (unpaired) electrons. The Labute approximate surface area is 207 Å². The number of hydrogen-bond donors (Lipinski definition) is 2. The van der Waals surface area contributed by atoms with Gasteiger partial charge in [0.1, 0.15) is 11.4 Å². The Kier molecular flexibility index (Phi) is 7.31. The van der Waals surface area contributed by atoms with Crippen LogP contribution >= 0.6 is 0 Å². The summed E-state index contributed by atoms with van der Waals surface area (Å²) in [6, 6.07) is 8.14. The molecule has 0 saturated heterocycles. The number of carbonyl (C=O) groups is 2. The van der Waals surface area contributed by atoms with Crippen molar-refractivity contribution in [1.82, 2.24) is 14.8 Å². The number of hydrogen-bond acceptors (Lipinski definition) is 6. The number of ether oxygens (including phenoxy) is 1. The molecule has 1 fully saturated rings. The van der Waals surface area contributed by atoms with E-state index in [-0.39, 0.29) is 5.91 Å². The molecule has 9 nitrogen and oxygen atoms in total. The van der Waals surface area contributed by atoms with Gasteiger partial charge in [0.25, 0.3) is 0 Å². The van der Waals surface area contributed by atoms with Gasteiger partial charge in [-0.05, 0) is 49.1 Å². The summed E-state index contributed by atoms with van der Waals surface area (Å²) in [5.74, 6) is 6.14. The lowest BCUT2D eigenvalue weighted by Gasteiger charge is -2.30. The second-order valence-electron chi connectivity index (χ2n) is 8.63. The molecule has 3 heterocycles. The Morgan fingerprint density at radius 1 is 1.33 bits per heavy atom. The van der Waals surface area contributed by atoms with E-state index in [1.54, 1.807) is 24.1 Å². The van der Waals surface area contributed by atoms with Crippen LogP contribution in [-0.4, -0.2) is 51.1 Å². The molecule has 36 heavy (non-hydrogen) atoms. The summed E-state index contributed by atoms with van der Waals surface area (Å²) in [5, 5.41) is 13.7. The minimum atomic E-state index is -0.814. The highest BCUT2D eigenvalue weighted by Gasteiger charge is 2.32. The summed E-state index contributed by atoms with van der Waals surface area (Å²) in [6.45, 7) is 0.404. The van der Waals surface area contributed by atoms with E-state index < -0.39 is 17.6 Å². The largest absolute Gasteiger partial charge is 0.491 e. The first kappa shape index (κ1) is 24.9. The van der Waals surface area contributed by atoms with Crippen LogP contribution in [0, 0.1) is 17.8 Å². The molecule has 2 aromatic heterocycles. The van der Waals surface area contributed by atoms with Gasteiger partial charge in [0.05, 0.1) is 24.9 Å². The van der Waals surface area contributed by atoms with Gasteiger partial charge in [-0.1, -0.05) is 17.9 Å². The van der Waals surface area contributed by atoms with Crippen molar-refractivity contribution < 1.29 is 23.8 Å². The Balaban J connectivity index is 0.000000174. The third kappa shape index (κ3) is 5.87. The number of halogens is 1. The first-order valence-corrected chi connectivity index (χ1v) is 11.5. The number of fused-ring (bicyclic) bond motifs is 1. The molecule has 0 spiro atoms. The number of anilines is 1. The van der Waals surface area contributed by atoms with Crippen LogP contribution in [0.1, 0.15) is 42.4 Å². The van der Waals surface area contributed by atoms with Crippen LogP contribution in [0.4, 0.5) is 14.9 Å². The zero-order chi connectivity index (χ0) is 25.7. The fourth-order valence-corrected chi connectivity index (χ4v) is 3.70. The van der Waals surface area contributed by atoms with E-state index in [1.165, 1.54) is 18.6 Å². The standard InChI is InChI=1S/C16H17NO3.C10H9FN4O/c1-17-13-11-12(5-9-16(19)7-2-8-16)3-4-14(13)20-10-6-15(17)18;11-9-8(2-1-3-13-9)4-7-5-14-15(6-7)10(12)16/h3-4,11,19H,2,6-8,10H2,1H3;1-3,5-6H,4H2,(H2,12,16). The number of carbonyl (C=O) groups excluding carboxylic acids is 2. The van der Waals surface area contributed by atoms with Crippen molar-refractivity contribution >= 4 is 17.6 Å². The van der Waals surface area contributed by atoms with Crippen molar-refractivity contribution in [3.05, 3.63) is 71.6 Å². The number of benzene rings is 1. The summed E-state index contributed by atoms with van der Waals surface area (Å²) in [4.78, 5) is 27.7. The van der Waals surface area contributed by atoms with Gasteiger partial charge >= 0.3 is 6.03 Å². The number of primary amides is 1. The van der Waals surface area contributed by atoms with Gasteiger partial charge in [-0.3, -0.25) is 4.79 Å². The van der Waals surface area contributed by atoms with Gasteiger partial charge in [-0.15, -0.1) is 0 Å². The zero-order valence-corrected chi connectivity index (χ0v) is 19.8. The lowest BCUT2D eigenvalue weighted by atomic mass is 9.81. The van der Waals surface area contributed by atoms with E-state index >= 15 is 0 Å². The molecular weight excluding hydrogens is 465 g/mol. The number of nitrogens with zero attached hydrogens (tertiary/aromatic N) is 4. The van der Waals surface area contributed by atoms with Crippen molar-refractivity contribution in [3.63, 3.8) is 0 Å². The summed E-state index contributed by atoms with van der Waals surface area (Å²) in [5.41, 5.74) is 6.88. The minimum absolute atomic E-state index is 0.0338. The maximum atomic E-state index is 13.2. The monoisotopic (exact) mass is 491 g/mol. The normalized spacial score (nSPS) is 15.6. The maximum Gasteiger partial charge on any atom is 0.339 e. The molecule has 0 atom stereocenters. The Morgan fingerprint density at radius 2 is 2.14 bits per heavy atom. The molecule has 1 saturated carbocycles. The lowest BCUT2D eigenvalue weighted by Crippen LogP contribution is -2.34. The molecule has 186 valence electrons. The number of aliphatic hydroxyl groups is 1. The van der Waals surface area contributed by atoms with Crippen LogP contribution in [0.25, 0.3) is 0 Å². The number of nitrogens with two attached hydrogens (primary N) is 1. The number of amides is 2. The molecule has 0 unspecified atom stereocenters. The summed E-state index contributed by atoms with van der Waals surface area (Å²) < 4.78 is 19.8. The van der Waals surface area contributed by atoms with E-state index in [0.717, 1.165) is 35.2 Å². The fraction of sp³-hybridized carbons (Fsp3) is 0.308. The predicted octanol–water partition coefficient (Wildman–Crippen LogP) is 2.63. The first-order valence-electron chi connectivity index (χ1n) is 11.5. The van der Waals surface area contributed by atoms with Gasteiger partial charge in [0.2, 0.25) is 11.9 Å². The Bertz CT molecular complexity index is 1340. The first-order chi connectivity index (χ1) is 17.2. The van der Waals surface area contributed by atoms with Crippen molar-refractivity contribution in [2.75, 3.05) is 18.6 Å². The van der Waals surface area contributed by atoms with Gasteiger partial charge in [0.15, 0.2) is 0 Å². The molecule has 2 aliphatic rings. The molecule has 3 aromatic rings. The maximum absolute atomic E-state index is 13.2. The smallest absolute Gasteiger partial charge is 0.339 e. The topological polar surface area (TPSA) is 124 Å². The molecule has 1 aromatic carbocycles. The van der Waals surface area contributed by atoms with E-state index in [0.29, 0.717) is 36.3 Å². The van der Waals surface area contributed by atoms with E-state index in [4.69, 9.17) is 10.5 Å². The second-order valence-corrected chi connectivity index (χ2v) is 8.63. The molecular formula is C26H26FN5O4. The molecule has 1 aliphatic heterocycles. The second kappa shape index (κ2) is 10.6. The highest BCUT2D eigenvalue weighted by molar-refractivity contribution is 5.95. The highest BCUT2D eigenvalue weighted by atomic mass is 19.1. The van der Waals surface area contributed by atoms with Gasteiger partial charge < -0.3 is 20.5 Å². The fourth-order valence-electron chi connectivity index (χ4n) is 3.70. The average molecular weight is 492 g/mol. The Morgan fingerprint density at radius 3 is 2.81 bits per heavy atom. The van der Waals surface area contributed by atoms with E-state index in [9.17, 15) is 19.1 Å². The summed E-state index contributed by atoms with van der Waals surface area (Å²) in [6.07, 6.45) is 7.54. The van der Waals surface area contributed by atoms with Crippen LogP contribution in [0.2, 0.25) is 0 Å². The molecule has 1 aliphatic carbocycles. The van der Waals surface area contributed by atoms with Crippen molar-refractivity contribution in [3.8, 4) is 17.6 Å². The van der Waals surface area contributed by atoms with E-state index in [1.807, 2.05) is 18.2 Å². The number of pyridine rings is 1. The van der Waals surface area contributed by atoms with Crippen molar-refractivity contribution in [2.24, 2.45) is 5.73 Å². The van der Waals surface area contributed by atoms with Crippen molar-refractivity contribution in [2.45, 2.75) is 37.7 Å². The van der Waals surface area contributed by atoms with Gasteiger partial charge in [-0.2, -0.15) is 14.2 Å². The molecule has 3 N–H and O–H groups in total. The summed E-state index contributed by atoms with van der Waals surface area (Å²) >= 11 is 0. The van der Waals surface area contributed by atoms with Crippen LogP contribution in [-0.2, 0) is 11.2 Å². The van der Waals surface area contributed by atoms with Crippen LogP contribution in [0.15, 0.2) is 48.9 Å². The quantitative estimate of drug-likeness (QED) is 0.420. The summed E-state index contributed by atoms with van der Waals surface area (Å²) in [7, 11) is 1.74. The van der Waals surface area contributed by atoms with Crippen LogP contribution < -0.4 is 15.4 Å². The van der Waals surface area contributed by atoms with E-state index in [2.05, 4.69) is 21.9 Å².